The highest BCUT2D eigenvalue weighted by molar-refractivity contribution is 7.89. The van der Waals surface area contributed by atoms with E-state index >= 15 is 0 Å². The van der Waals surface area contributed by atoms with Crippen LogP contribution in [0.25, 0.3) is 10.8 Å². The van der Waals surface area contributed by atoms with Crippen molar-refractivity contribution >= 4 is 32.6 Å². The third-order valence-electron chi connectivity index (χ3n) is 5.60. The molecular weight excluding hydrogens is 426 g/mol. The first-order chi connectivity index (χ1) is 15.2. The van der Waals surface area contributed by atoms with Crippen molar-refractivity contribution in [3.05, 3.63) is 76.9 Å². The van der Waals surface area contributed by atoms with E-state index < -0.39 is 21.8 Å². The van der Waals surface area contributed by atoms with Crippen LogP contribution in [0.5, 0.6) is 0 Å². The Hall–Kier alpha value is -3.07. The minimum absolute atomic E-state index is 0.0487. The monoisotopic (exact) mass is 451 g/mol. The van der Waals surface area contributed by atoms with Crippen LogP contribution in [0.15, 0.2) is 59.5 Å². The number of carbonyl (C=O) groups excluding carboxylic acids is 2. The largest absolute Gasteiger partial charge is 0.308 e. The molecule has 0 saturated carbocycles. The summed E-state index contributed by atoms with van der Waals surface area (Å²) in [5, 5.41) is 0.757. The Kier molecular flexibility index (Phi) is 5.85. The molecule has 4 rings (SSSR count). The predicted molar refractivity (Wildman–Crippen MR) is 123 cm³/mol. The summed E-state index contributed by atoms with van der Waals surface area (Å²) in [4.78, 5) is 29.3. The Labute approximate surface area is 187 Å². The Bertz CT molecular complexity index is 1290. The summed E-state index contributed by atoms with van der Waals surface area (Å²) in [5.74, 6) is -0.811. The van der Waals surface area contributed by atoms with Crippen molar-refractivity contribution in [1.29, 1.82) is 0 Å². The lowest BCUT2D eigenvalue weighted by atomic mass is 9.94. The highest BCUT2D eigenvalue weighted by atomic mass is 32.2. The van der Waals surface area contributed by atoms with Crippen LogP contribution in [0.2, 0.25) is 0 Å². The fourth-order valence-corrected chi connectivity index (χ4v) is 5.04. The first-order valence-corrected chi connectivity index (χ1v) is 11.8. The maximum Gasteiger partial charge on any atom is 0.261 e. The van der Waals surface area contributed by atoms with Gasteiger partial charge in [-0.1, -0.05) is 42.0 Å². The molecule has 0 aromatic heterocycles. The molecule has 0 radical (unpaired) electrons. The molecule has 32 heavy (non-hydrogen) atoms. The molecule has 1 heterocycles. The third-order valence-corrected chi connectivity index (χ3v) is 7.06. The van der Waals surface area contributed by atoms with Crippen molar-refractivity contribution in [1.82, 2.24) is 14.5 Å². The van der Waals surface area contributed by atoms with E-state index in [4.69, 9.17) is 0 Å². The third kappa shape index (κ3) is 4.04. The lowest BCUT2D eigenvalue weighted by Crippen LogP contribution is -2.43. The van der Waals surface area contributed by atoms with Gasteiger partial charge in [-0.15, -0.1) is 0 Å². The summed E-state index contributed by atoms with van der Waals surface area (Å²) in [5.41, 5.74) is 2.61. The van der Waals surface area contributed by atoms with Gasteiger partial charge in [0.15, 0.2) is 0 Å². The number of carbonyl (C=O) groups is 2. The van der Waals surface area contributed by atoms with Crippen molar-refractivity contribution in [2.45, 2.75) is 18.4 Å². The zero-order chi connectivity index (χ0) is 23.0. The van der Waals surface area contributed by atoms with Gasteiger partial charge in [-0.2, -0.15) is 0 Å². The van der Waals surface area contributed by atoms with Crippen LogP contribution in [-0.4, -0.2) is 57.2 Å². The number of likely N-dealkylation sites (N-methyl/N-ethyl adjacent to an activating group) is 1. The second-order valence-corrected chi connectivity index (χ2v) is 9.95. The average molecular weight is 452 g/mol. The molecule has 0 bridgehead atoms. The molecule has 0 unspecified atom stereocenters. The van der Waals surface area contributed by atoms with E-state index in [0.717, 1.165) is 11.1 Å². The van der Waals surface area contributed by atoms with Gasteiger partial charge in [-0.05, 0) is 44.8 Å². The molecule has 1 N–H and O–H groups in total. The summed E-state index contributed by atoms with van der Waals surface area (Å²) in [6.45, 7) is 2.91. The van der Waals surface area contributed by atoms with E-state index in [9.17, 15) is 18.0 Å². The molecule has 0 fully saturated rings. The first kappa shape index (κ1) is 22.1. The summed E-state index contributed by atoms with van der Waals surface area (Å²) >= 11 is 0. The number of benzene rings is 3. The zero-order valence-electron chi connectivity index (χ0n) is 18.3. The van der Waals surface area contributed by atoms with Gasteiger partial charge in [-0.3, -0.25) is 14.5 Å². The second-order valence-electron chi connectivity index (χ2n) is 8.21. The molecule has 0 aliphatic carbocycles. The van der Waals surface area contributed by atoms with Crippen molar-refractivity contribution in [2.75, 3.05) is 27.2 Å². The quantitative estimate of drug-likeness (QED) is 0.558. The van der Waals surface area contributed by atoms with Crippen molar-refractivity contribution in [3.63, 3.8) is 0 Å². The van der Waals surface area contributed by atoms with Crippen LogP contribution in [0, 0.1) is 6.92 Å². The van der Waals surface area contributed by atoms with Crippen LogP contribution in [0.1, 0.15) is 31.8 Å². The van der Waals surface area contributed by atoms with Gasteiger partial charge in [0.2, 0.25) is 10.0 Å². The molecule has 2 amide bonds. The summed E-state index contributed by atoms with van der Waals surface area (Å²) < 4.78 is 28.9. The Morgan fingerprint density at radius 3 is 2.22 bits per heavy atom. The Morgan fingerprint density at radius 1 is 0.906 bits per heavy atom. The predicted octanol–water partition coefficient (Wildman–Crippen LogP) is 2.78. The van der Waals surface area contributed by atoms with Crippen LogP contribution in [0.4, 0.5) is 0 Å². The number of imide groups is 1. The minimum atomic E-state index is -3.88. The molecule has 3 aromatic carbocycles. The van der Waals surface area contributed by atoms with Gasteiger partial charge < -0.3 is 4.90 Å². The van der Waals surface area contributed by atoms with Crippen molar-refractivity contribution in [3.8, 4) is 0 Å². The van der Waals surface area contributed by atoms with E-state index in [1.165, 1.54) is 17.0 Å². The van der Waals surface area contributed by atoms with Gasteiger partial charge >= 0.3 is 0 Å². The fourth-order valence-electron chi connectivity index (χ4n) is 3.82. The van der Waals surface area contributed by atoms with Gasteiger partial charge in [0.1, 0.15) is 0 Å². The average Bonchev–Trinajstić information content (AvgIpc) is 2.76. The van der Waals surface area contributed by atoms with Gasteiger partial charge in [0.25, 0.3) is 11.8 Å². The lowest BCUT2D eigenvalue weighted by Gasteiger charge is -2.28. The summed E-state index contributed by atoms with van der Waals surface area (Å²) in [6, 6.07) is 15.5. The van der Waals surface area contributed by atoms with Gasteiger partial charge in [0, 0.05) is 41.5 Å². The SMILES string of the molecule is Cc1ccc(CNS(=O)(=O)c2ccc3c4c(cccc24)C(=O)N(CCN(C)C)C3=O)cc1. The molecular formula is C24H25N3O4S. The maximum absolute atomic E-state index is 13.1. The highest BCUT2D eigenvalue weighted by Gasteiger charge is 2.34. The van der Waals surface area contributed by atoms with E-state index in [-0.39, 0.29) is 18.0 Å². The molecule has 0 atom stereocenters. The van der Waals surface area contributed by atoms with Gasteiger partial charge in [0.05, 0.1) is 4.90 Å². The van der Waals surface area contributed by atoms with Crippen LogP contribution < -0.4 is 4.72 Å². The van der Waals surface area contributed by atoms with E-state index in [1.807, 2.05) is 50.2 Å². The smallest absolute Gasteiger partial charge is 0.261 e. The maximum atomic E-state index is 13.1. The second kappa shape index (κ2) is 8.46. The molecule has 166 valence electrons. The number of hydrogen-bond donors (Lipinski definition) is 1. The molecule has 8 heteroatoms. The fraction of sp³-hybridized carbons (Fsp3) is 0.250. The van der Waals surface area contributed by atoms with Crippen LogP contribution in [-0.2, 0) is 16.6 Å². The summed E-state index contributed by atoms with van der Waals surface area (Å²) in [7, 11) is -0.137. The number of aryl methyl sites for hydroxylation is 1. The standard InChI is InChI=1S/C24H25N3O4S/c1-16-7-9-17(10-8-16)15-25-32(30,31)21-12-11-20-22-18(21)5-4-6-19(22)23(28)27(24(20)29)14-13-26(2)3/h4-12,25H,13-15H2,1-3H3. The van der Waals surface area contributed by atoms with E-state index in [2.05, 4.69) is 4.72 Å². The Morgan fingerprint density at radius 2 is 1.56 bits per heavy atom. The number of sulfonamides is 1. The number of nitrogens with one attached hydrogen (secondary N) is 1. The zero-order valence-corrected chi connectivity index (χ0v) is 19.1. The van der Waals surface area contributed by atoms with Crippen molar-refractivity contribution in [2.24, 2.45) is 0 Å². The number of hydrogen-bond acceptors (Lipinski definition) is 5. The van der Waals surface area contributed by atoms with E-state index in [0.29, 0.717) is 28.4 Å². The van der Waals surface area contributed by atoms with Crippen molar-refractivity contribution < 1.29 is 18.0 Å². The molecule has 0 saturated heterocycles. The summed E-state index contributed by atoms with van der Waals surface area (Å²) in [6.07, 6.45) is 0. The number of nitrogens with zero attached hydrogens (tertiary/aromatic N) is 2. The number of amides is 2. The van der Waals surface area contributed by atoms with Gasteiger partial charge in [-0.25, -0.2) is 13.1 Å². The van der Waals surface area contributed by atoms with Crippen LogP contribution in [0.3, 0.4) is 0 Å². The molecule has 3 aromatic rings. The normalized spacial score (nSPS) is 13.9. The Balaban J connectivity index is 1.72. The molecule has 1 aliphatic rings. The molecule has 7 nitrogen and oxygen atoms in total. The lowest BCUT2D eigenvalue weighted by molar-refractivity contribution is 0.0601. The topological polar surface area (TPSA) is 86.8 Å². The highest BCUT2D eigenvalue weighted by Crippen LogP contribution is 2.34. The first-order valence-electron chi connectivity index (χ1n) is 10.3. The van der Waals surface area contributed by atoms with Crippen LogP contribution >= 0.6 is 0 Å². The number of rotatable bonds is 7. The van der Waals surface area contributed by atoms with E-state index in [1.54, 1.807) is 18.2 Å². The minimum Gasteiger partial charge on any atom is -0.308 e. The molecule has 1 aliphatic heterocycles. The molecule has 0 spiro atoms.